The van der Waals surface area contributed by atoms with E-state index < -0.39 is 0 Å². The van der Waals surface area contributed by atoms with E-state index in [1.165, 1.54) is 0 Å². The van der Waals surface area contributed by atoms with Crippen molar-refractivity contribution < 1.29 is 5.11 Å². The van der Waals surface area contributed by atoms with Crippen molar-refractivity contribution in [3.05, 3.63) is 35.7 Å². The van der Waals surface area contributed by atoms with Crippen LogP contribution < -0.4 is 0 Å². The molecule has 0 saturated heterocycles. The van der Waals surface area contributed by atoms with Gasteiger partial charge in [-0.25, -0.2) is 4.98 Å². The number of aromatic amines is 1. The highest BCUT2D eigenvalue weighted by Crippen LogP contribution is 2.27. The summed E-state index contributed by atoms with van der Waals surface area (Å²) in [4.78, 5) is 6.84. The lowest BCUT2D eigenvalue weighted by Gasteiger charge is -1.99. The Balaban J connectivity index is 2.49. The maximum atomic E-state index is 9.18. The first-order valence-electron chi connectivity index (χ1n) is 3.74. The van der Waals surface area contributed by atoms with Crippen molar-refractivity contribution >= 4 is 11.6 Å². The molecule has 2 aromatic rings. The second kappa shape index (κ2) is 3.11. The predicted octanol–water partition coefficient (Wildman–Crippen LogP) is 2.44. The lowest BCUT2D eigenvalue weighted by molar-refractivity contribution is 0.475. The quantitative estimate of drug-likeness (QED) is 0.733. The smallest absolute Gasteiger partial charge is 0.134 e. The van der Waals surface area contributed by atoms with Gasteiger partial charge in [0.05, 0.1) is 23.2 Å². The number of benzene rings is 1. The number of rotatable bonds is 1. The maximum absolute atomic E-state index is 9.18. The fraction of sp³-hybridized carbons (Fsp3) is 0. The summed E-state index contributed by atoms with van der Waals surface area (Å²) in [5.41, 5.74) is 1.78. The second-order valence-corrected chi connectivity index (χ2v) is 3.04. The van der Waals surface area contributed by atoms with Crippen molar-refractivity contribution in [2.75, 3.05) is 0 Å². The summed E-state index contributed by atoms with van der Waals surface area (Å²) in [5.74, 6) is 0.0879. The molecule has 2 rings (SSSR count). The summed E-state index contributed by atoms with van der Waals surface area (Å²) in [6.07, 6.45) is 3.29. The van der Waals surface area contributed by atoms with Gasteiger partial charge in [0.2, 0.25) is 0 Å². The van der Waals surface area contributed by atoms with Crippen LogP contribution in [0.3, 0.4) is 0 Å². The topological polar surface area (TPSA) is 48.9 Å². The highest BCUT2D eigenvalue weighted by atomic mass is 35.5. The van der Waals surface area contributed by atoms with Crippen LogP contribution in [-0.4, -0.2) is 15.1 Å². The van der Waals surface area contributed by atoms with Crippen molar-refractivity contribution in [2.45, 2.75) is 0 Å². The molecular weight excluding hydrogens is 188 g/mol. The zero-order valence-corrected chi connectivity index (χ0v) is 7.42. The number of imidazole rings is 1. The Bertz CT molecular complexity index is 412. The van der Waals surface area contributed by atoms with Crippen LogP contribution in [0.2, 0.25) is 5.02 Å². The van der Waals surface area contributed by atoms with E-state index in [0.29, 0.717) is 5.02 Å². The van der Waals surface area contributed by atoms with Gasteiger partial charge in [-0.1, -0.05) is 11.6 Å². The van der Waals surface area contributed by atoms with Crippen molar-refractivity contribution in [1.29, 1.82) is 0 Å². The summed E-state index contributed by atoms with van der Waals surface area (Å²) in [6.45, 7) is 0. The molecule has 0 saturated carbocycles. The molecular formula is C9H7ClN2O. The molecule has 0 amide bonds. The first-order valence-corrected chi connectivity index (χ1v) is 4.12. The Kier molecular flexibility index (Phi) is 1.94. The van der Waals surface area contributed by atoms with Gasteiger partial charge in [-0.05, 0) is 18.2 Å². The molecule has 0 radical (unpaired) electrons. The summed E-state index contributed by atoms with van der Waals surface area (Å²) < 4.78 is 0. The first kappa shape index (κ1) is 8.13. The van der Waals surface area contributed by atoms with E-state index in [1.807, 2.05) is 0 Å². The summed E-state index contributed by atoms with van der Waals surface area (Å²) >= 11 is 5.75. The highest BCUT2D eigenvalue weighted by molar-refractivity contribution is 6.32. The van der Waals surface area contributed by atoms with E-state index in [4.69, 9.17) is 11.6 Å². The van der Waals surface area contributed by atoms with Gasteiger partial charge in [-0.2, -0.15) is 0 Å². The number of nitrogens with one attached hydrogen (secondary N) is 1. The molecule has 13 heavy (non-hydrogen) atoms. The van der Waals surface area contributed by atoms with Crippen LogP contribution in [0.5, 0.6) is 5.75 Å². The molecule has 1 aromatic heterocycles. The number of aromatic hydroxyl groups is 1. The van der Waals surface area contributed by atoms with Crippen LogP contribution in [0.25, 0.3) is 11.3 Å². The van der Waals surface area contributed by atoms with Crippen LogP contribution in [0.15, 0.2) is 30.7 Å². The van der Waals surface area contributed by atoms with E-state index in [2.05, 4.69) is 9.97 Å². The standard InChI is InChI=1S/C9H7ClN2O/c10-7-3-6(1-2-9(7)13)8-4-11-5-12-8/h1-5,13H,(H,11,12). The number of phenolic OH excluding ortho intramolecular Hbond substituents is 1. The van der Waals surface area contributed by atoms with E-state index in [-0.39, 0.29) is 5.75 Å². The van der Waals surface area contributed by atoms with Crippen molar-refractivity contribution in [3.8, 4) is 17.0 Å². The van der Waals surface area contributed by atoms with Crippen LogP contribution in [0.1, 0.15) is 0 Å². The van der Waals surface area contributed by atoms with Gasteiger partial charge in [0.25, 0.3) is 0 Å². The third-order valence-electron chi connectivity index (χ3n) is 1.76. The Morgan fingerprint density at radius 2 is 2.23 bits per heavy atom. The molecule has 0 fully saturated rings. The van der Waals surface area contributed by atoms with Gasteiger partial charge in [0, 0.05) is 5.56 Å². The summed E-state index contributed by atoms with van der Waals surface area (Å²) in [5, 5.41) is 9.52. The number of aromatic nitrogens is 2. The van der Waals surface area contributed by atoms with E-state index in [1.54, 1.807) is 30.7 Å². The Morgan fingerprint density at radius 3 is 2.85 bits per heavy atom. The fourth-order valence-electron chi connectivity index (χ4n) is 1.09. The van der Waals surface area contributed by atoms with Crippen LogP contribution >= 0.6 is 11.6 Å². The SMILES string of the molecule is Oc1ccc(-c2cnc[nH]2)cc1Cl. The summed E-state index contributed by atoms with van der Waals surface area (Å²) in [7, 11) is 0. The number of hydrogen-bond acceptors (Lipinski definition) is 2. The largest absolute Gasteiger partial charge is 0.506 e. The molecule has 0 aliphatic heterocycles. The van der Waals surface area contributed by atoms with Crippen molar-refractivity contribution in [1.82, 2.24) is 9.97 Å². The molecule has 0 aliphatic carbocycles. The van der Waals surface area contributed by atoms with Gasteiger partial charge in [-0.3, -0.25) is 0 Å². The van der Waals surface area contributed by atoms with Crippen LogP contribution in [0.4, 0.5) is 0 Å². The Labute approximate surface area is 80.0 Å². The Hall–Kier alpha value is -1.48. The molecule has 0 bridgehead atoms. The maximum Gasteiger partial charge on any atom is 0.134 e. The van der Waals surface area contributed by atoms with Crippen LogP contribution in [0, 0.1) is 0 Å². The van der Waals surface area contributed by atoms with Gasteiger partial charge >= 0.3 is 0 Å². The average Bonchev–Trinajstić information content (AvgIpc) is 2.62. The van der Waals surface area contributed by atoms with Gasteiger partial charge in [-0.15, -0.1) is 0 Å². The highest BCUT2D eigenvalue weighted by Gasteiger charge is 2.02. The zero-order valence-electron chi connectivity index (χ0n) is 6.66. The lowest BCUT2D eigenvalue weighted by Crippen LogP contribution is -1.77. The molecule has 0 atom stereocenters. The molecule has 1 aromatic carbocycles. The van der Waals surface area contributed by atoms with Gasteiger partial charge in [0.15, 0.2) is 0 Å². The Morgan fingerprint density at radius 1 is 1.38 bits per heavy atom. The van der Waals surface area contributed by atoms with Crippen molar-refractivity contribution in [2.24, 2.45) is 0 Å². The molecule has 0 aliphatic rings. The van der Waals surface area contributed by atoms with Crippen LogP contribution in [-0.2, 0) is 0 Å². The predicted molar refractivity (Wildman–Crippen MR) is 50.7 cm³/mol. The summed E-state index contributed by atoms with van der Waals surface area (Å²) in [6, 6.07) is 5.01. The second-order valence-electron chi connectivity index (χ2n) is 2.63. The van der Waals surface area contributed by atoms with Gasteiger partial charge in [0.1, 0.15) is 5.75 Å². The fourth-order valence-corrected chi connectivity index (χ4v) is 1.27. The minimum absolute atomic E-state index is 0.0879. The number of phenols is 1. The monoisotopic (exact) mass is 194 g/mol. The van der Waals surface area contributed by atoms with E-state index >= 15 is 0 Å². The van der Waals surface area contributed by atoms with Gasteiger partial charge < -0.3 is 10.1 Å². The van der Waals surface area contributed by atoms with E-state index in [9.17, 15) is 5.11 Å². The zero-order chi connectivity index (χ0) is 9.26. The molecule has 1 heterocycles. The molecule has 0 unspecified atom stereocenters. The molecule has 3 nitrogen and oxygen atoms in total. The molecule has 0 spiro atoms. The normalized spacial score (nSPS) is 10.2. The third-order valence-corrected chi connectivity index (χ3v) is 2.06. The number of H-pyrrole nitrogens is 1. The lowest BCUT2D eigenvalue weighted by atomic mass is 10.2. The third kappa shape index (κ3) is 1.51. The number of hydrogen-bond donors (Lipinski definition) is 2. The number of halogens is 1. The number of nitrogens with zero attached hydrogens (tertiary/aromatic N) is 1. The molecule has 66 valence electrons. The minimum Gasteiger partial charge on any atom is -0.506 e. The first-order chi connectivity index (χ1) is 6.27. The van der Waals surface area contributed by atoms with Crippen molar-refractivity contribution in [3.63, 3.8) is 0 Å². The average molecular weight is 195 g/mol. The minimum atomic E-state index is 0.0879. The van der Waals surface area contributed by atoms with E-state index in [0.717, 1.165) is 11.3 Å². The molecule has 4 heteroatoms. The molecule has 2 N–H and O–H groups in total.